The third-order valence-electron chi connectivity index (χ3n) is 5.63. The minimum absolute atomic E-state index is 0.00893. The van der Waals surface area contributed by atoms with Crippen LogP contribution < -0.4 is 10.2 Å². The second-order valence-electron chi connectivity index (χ2n) is 7.85. The monoisotopic (exact) mass is 386 g/mol. The van der Waals surface area contributed by atoms with Gasteiger partial charge in [-0.3, -0.25) is 0 Å². The van der Waals surface area contributed by atoms with Crippen molar-refractivity contribution in [2.24, 2.45) is 5.92 Å². The summed E-state index contributed by atoms with van der Waals surface area (Å²) in [5.74, 6) is 1.73. The van der Waals surface area contributed by atoms with Crippen LogP contribution in [0.15, 0.2) is 18.6 Å². The molecule has 0 radical (unpaired) electrons. The third kappa shape index (κ3) is 3.13. The van der Waals surface area contributed by atoms with Gasteiger partial charge >= 0.3 is 0 Å². The van der Waals surface area contributed by atoms with E-state index in [0.717, 1.165) is 29.3 Å². The first-order chi connectivity index (χ1) is 13.0. The van der Waals surface area contributed by atoms with E-state index in [1.165, 1.54) is 12.8 Å². The number of rotatable bonds is 4. The lowest BCUT2D eigenvalue weighted by atomic mass is 10.00. The summed E-state index contributed by atoms with van der Waals surface area (Å²) in [4.78, 5) is 19.7. The van der Waals surface area contributed by atoms with Crippen LogP contribution in [0.5, 0.6) is 0 Å². The van der Waals surface area contributed by atoms with Crippen LogP contribution in [-0.4, -0.2) is 53.2 Å². The van der Waals surface area contributed by atoms with Gasteiger partial charge in [-0.05, 0) is 31.2 Å². The highest BCUT2D eigenvalue weighted by Crippen LogP contribution is 2.40. The molecule has 9 heteroatoms. The summed E-state index contributed by atoms with van der Waals surface area (Å²) in [6, 6.07) is 0. The fourth-order valence-corrected chi connectivity index (χ4v) is 5.92. The Bertz CT molecular complexity index is 974. The smallest absolute Gasteiger partial charge is 0.225 e. The van der Waals surface area contributed by atoms with Gasteiger partial charge in [0.05, 0.1) is 16.7 Å². The molecule has 2 aromatic heterocycles. The Morgan fingerprint density at radius 2 is 1.93 bits per heavy atom. The summed E-state index contributed by atoms with van der Waals surface area (Å²) in [5.41, 5.74) is 2.56. The van der Waals surface area contributed by atoms with Gasteiger partial charge in [-0.25, -0.2) is 28.4 Å². The summed E-state index contributed by atoms with van der Waals surface area (Å²) in [7, 11) is -3.25. The molecule has 1 saturated carbocycles. The van der Waals surface area contributed by atoms with Crippen LogP contribution in [0.2, 0.25) is 0 Å². The average molecular weight is 386 g/mol. The number of sulfone groups is 1. The SMILES string of the molecule is Cc1cnc(N2C[C@@H]3c4nc(NCC5CC5)ncc4CS(=O)(=O)[C@@H]3C2)nc1. The Morgan fingerprint density at radius 3 is 2.67 bits per heavy atom. The number of anilines is 2. The first-order valence-corrected chi connectivity index (χ1v) is 11.1. The minimum Gasteiger partial charge on any atom is -0.354 e. The van der Waals surface area contributed by atoms with E-state index >= 15 is 0 Å². The molecule has 0 amide bonds. The van der Waals surface area contributed by atoms with Crippen LogP contribution in [0.3, 0.4) is 0 Å². The maximum absolute atomic E-state index is 12.8. The number of fused-ring (bicyclic) bond motifs is 3. The van der Waals surface area contributed by atoms with Crippen LogP contribution >= 0.6 is 0 Å². The van der Waals surface area contributed by atoms with Crippen molar-refractivity contribution < 1.29 is 8.42 Å². The van der Waals surface area contributed by atoms with E-state index < -0.39 is 15.1 Å². The maximum Gasteiger partial charge on any atom is 0.225 e. The van der Waals surface area contributed by atoms with Gasteiger partial charge in [0, 0.05) is 49.7 Å². The van der Waals surface area contributed by atoms with Crippen molar-refractivity contribution in [2.75, 3.05) is 29.9 Å². The fourth-order valence-electron chi connectivity index (χ4n) is 3.93. The lowest BCUT2D eigenvalue weighted by Crippen LogP contribution is -2.35. The van der Waals surface area contributed by atoms with Crippen LogP contribution in [-0.2, 0) is 15.6 Å². The first kappa shape index (κ1) is 16.9. The second-order valence-corrected chi connectivity index (χ2v) is 10.1. The molecule has 27 heavy (non-hydrogen) atoms. The van der Waals surface area contributed by atoms with Crippen molar-refractivity contribution in [2.45, 2.75) is 36.7 Å². The van der Waals surface area contributed by atoms with E-state index in [9.17, 15) is 8.42 Å². The third-order valence-corrected chi connectivity index (χ3v) is 7.74. The van der Waals surface area contributed by atoms with E-state index in [4.69, 9.17) is 4.98 Å². The van der Waals surface area contributed by atoms with Crippen molar-refractivity contribution in [1.29, 1.82) is 0 Å². The Balaban J connectivity index is 1.46. The fraction of sp³-hybridized carbons (Fsp3) is 0.556. The van der Waals surface area contributed by atoms with E-state index in [1.807, 2.05) is 11.8 Å². The molecule has 2 aromatic rings. The molecule has 1 saturated heterocycles. The molecule has 2 fully saturated rings. The van der Waals surface area contributed by atoms with Gasteiger partial charge in [-0.2, -0.15) is 0 Å². The zero-order valence-electron chi connectivity index (χ0n) is 15.2. The summed E-state index contributed by atoms with van der Waals surface area (Å²) in [6.45, 7) is 3.78. The van der Waals surface area contributed by atoms with Gasteiger partial charge in [-0.15, -0.1) is 0 Å². The van der Waals surface area contributed by atoms with E-state index in [-0.39, 0.29) is 11.7 Å². The van der Waals surface area contributed by atoms with Crippen molar-refractivity contribution in [3.63, 3.8) is 0 Å². The Kier molecular flexibility index (Phi) is 3.82. The molecule has 0 bridgehead atoms. The molecule has 4 heterocycles. The predicted octanol–water partition coefficient (Wildman–Crippen LogP) is 1.30. The highest BCUT2D eigenvalue weighted by Gasteiger charge is 2.48. The highest BCUT2D eigenvalue weighted by molar-refractivity contribution is 7.91. The van der Waals surface area contributed by atoms with Gasteiger partial charge in [-0.1, -0.05) is 0 Å². The summed E-state index contributed by atoms with van der Waals surface area (Å²) >= 11 is 0. The zero-order valence-corrected chi connectivity index (χ0v) is 16.0. The molecule has 0 aromatic carbocycles. The van der Waals surface area contributed by atoms with Gasteiger partial charge in [0.1, 0.15) is 0 Å². The molecule has 3 aliphatic rings. The zero-order chi connectivity index (χ0) is 18.6. The van der Waals surface area contributed by atoms with Gasteiger partial charge in [0.2, 0.25) is 11.9 Å². The highest BCUT2D eigenvalue weighted by atomic mass is 32.2. The number of aromatic nitrogens is 4. The van der Waals surface area contributed by atoms with Crippen LogP contribution in [0.25, 0.3) is 0 Å². The normalized spacial score (nSPS) is 25.7. The Morgan fingerprint density at radius 1 is 1.15 bits per heavy atom. The second kappa shape index (κ2) is 6.12. The topological polar surface area (TPSA) is 101 Å². The van der Waals surface area contributed by atoms with E-state index in [0.29, 0.717) is 25.0 Å². The number of nitrogens with zero attached hydrogens (tertiary/aromatic N) is 5. The van der Waals surface area contributed by atoms with Crippen molar-refractivity contribution in [3.05, 3.63) is 35.4 Å². The predicted molar refractivity (Wildman–Crippen MR) is 101 cm³/mol. The number of aryl methyl sites for hydroxylation is 1. The molecule has 2 aliphatic heterocycles. The summed E-state index contributed by atoms with van der Waals surface area (Å²) in [5, 5.41) is 2.83. The number of hydrogen-bond donors (Lipinski definition) is 1. The van der Waals surface area contributed by atoms with Crippen molar-refractivity contribution >= 4 is 21.7 Å². The standard InChI is InChI=1S/C18H22N6O2S/c1-11-4-21-18(22-5-11)24-8-14-15(9-24)27(25,26)10-13-7-20-17(23-16(13)14)19-6-12-2-3-12/h4-5,7,12,14-15H,2-3,6,8-10H2,1H3,(H,19,20,23)/t14-,15+/m0/s1. The van der Waals surface area contributed by atoms with Crippen LogP contribution in [0.1, 0.15) is 35.6 Å². The molecular formula is C18H22N6O2S. The lowest BCUT2D eigenvalue weighted by Gasteiger charge is -2.26. The molecule has 1 aliphatic carbocycles. The van der Waals surface area contributed by atoms with Crippen molar-refractivity contribution in [3.8, 4) is 0 Å². The van der Waals surface area contributed by atoms with Crippen LogP contribution in [0, 0.1) is 12.8 Å². The maximum atomic E-state index is 12.8. The first-order valence-electron chi connectivity index (χ1n) is 9.34. The van der Waals surface area contributed by atoms with E-state index in [1.54, 1.807) is 18.6 Å². The van der Waals surface area contributed by atoms with Gasteiger partial charge in [0.25, 0.3) is 0 Å². The molecule has 1 N–H and O–H groups in total. The summed E-state index contributed by atoms with van der Waals surface area (Å²) in [6.07, 6.45) is 7.71. The van der Waals surface area contributed by atoms with Crippen molar-refractivity contribution in [1.82, 2.24) is 19.9 Å². The van der Waals surface area contributed by atoms with Gasteiger partial charge < -0.3 is 10.2 Å². The average Bonchev–Trinajstić information content (AvgIpc) is 3.36. The lowest BCUT2D eigenvalue weighted by molar-refractivity contribution is 0.563. The summed E-state index contributed by atoms with van der Waals surface area (Å²) < 4.78 is 25.7. The molecule has 5 rings (SSSR count). The molecule has 8 nitrogen and oxygen atoms in total. The minimum atomic E-state index is -3.25. The molecule has 0 spiro atoms. The molecule has 0 unspecified atom stereocenters. The molecule has 142 valence electrons. The molecular weight excluding hydrogens is 364 g/mol. The van der Waals surface area contributed by atoms with Gasteiger partial charge in [0.15, 0.2) is 9.84 Å². The number of hydrogen-bond acceptors (Lipinski definition) is 8. The largest absolute Gasteiger partial charge is 0.354 e. The Labute approximate surface area is 158 Å². The molecule has 2 atom stereocenters. The number of nitrogens with one attached hydrogen (secondary N) is 1. The quantitative estimate of drug-likeness (QED) is 0.839. The van der Waals surface area contributed by atoms with E-state index in [2.05, 4.69) is 20.3 Å². The van der Waals surface area contributed by atoms with Crippen LogP contribution in [0.4, 0.5) is 11.9 Å². The Hall–Kier alpha value is -2.29.